The SMILES string of the molecule is COc1ccc([C@@H]2C3=C(CCCC3=O)N=C(C)C2C(=O)N2CCCCC2)cc1O. The first-order chi connectivity index (χ1) is 14.0. The Morgan fingerprint density at radius 3 is 2.62 bits per heavy atom. The monoisotopic (exact) mass is 396 g/mol. The number of likely N-dealkylation sites (tertiary alicyclic amines) is 1. The molecule has 1 unspecified atom stereocenters. The summed E-state index contributed by atoms with van der Waals surface area (Å²) in [4.78, 5) is 33.1. The molecular formula is C23H28N2O4. The van der Waals surface area contributed by atoms with E-state index in [4.69, 9.17) is 9.73 Å². The van der Waals surface area contributed by atoms with Crippen LogP contribution in [0.3, 0.4) is 0 Å². The fourth-order valence-electron chi connectivity index (χ4n) is 4.90. The van der Waals surface area contributed by atoms with Gasteiger partial charge >= 0.3 is 0 Å². The van der Waals surface area contributed by atoms with Gasteiger partial charge in [-0.1, -0.05) is 6.07 Å². The number of amides is 1. The number of phenolic OH excluding ortho intramolecular Hbond substituents is 1. The van der Waals surface area contributed by atoms with Crippen molar-refractivity contribution in [2.24, 2.45) is 10.9 Å². The molecular weight excluding hydrogens is 368 g/mol. The Balaban J connectivity index is 1.81. The van der Waals surface area contributed by atoms with Crippen molar-refractivity contribution in [3.8, 4) is 11.5 Å². The Kier molecular flexibility index (Phi) is 5.43. The largest absolute Gasteiger partial charge is 0.504 e. The summed E-state index contributed by atoms with van der Waals surface area (Å²) in [5, 5.41) is 10.4. The van der Waals surface area contributed by atoms with Crippen LogP contribution < -0.4 is 4.74 Å². The van der Waals surface area contributed by atoms with Crippen molar-refractivity contribution in [2.75, 3.05) is 20.2 Å². The Bertz CT molecular complexity index is 896. The number of nitrogens with zero attached hydrogens (tertiary/aromatic N) is 2. The van der Waals surface area contributed by atoms with E-state index in [1.807, 2.05) is 17.9 Å². The van der Waals surface area contributed by atoms with Crippen molar-refractivity contribution in [1.29, 1.82) is 0 Å². The maximum absolute atomic E-state index is 13.6. The summed E-state index contributed by atoms with van der Waals surface area (Å²) >= 11 is 0. The van der Waals surface area contributed by atoms with Gasteiger partial charge in [0.05, 0.1) is 13.0 Å². The van der Waals surface area contributed by atoms with Gasteiger partial charge in [0.15, 0.2) is 17.3 Å². The first-order valence-electron chi connectivity index (χ1n) is 10.5. The number of carbonyl (C=O) groups excluding carboxylic acids is 2. The van der Waals surface area contributed by atoms with Gasteiger partial charge < -0.3 is 14.7 Å². The topological polar surface area (TPSA) is 79.2 Å². The number of carbonyl (C=O) groups is 2. The predicted octanol–water partition coefficient (Wildman–Crippen LogP) is 3.59. The second-order valence-corrected chi connectivity index (χ2v) is 8.16. The van der Waals surface area contributed by atoms with Gasteiger partial charge in [0.1, 0.15) is 0 Å². The number of ether oxygens (including phenoxy) is 1. The van der Waals surface area contributed by atoms with Gasteiger partial charge in [-0.15, -0.1) is 0 Å². The summed E-state index contributed by atoms with van der Waals surface area (Å²) < 4.78 is 5.18. The van der Waals surface area contributed by atoms with E-state index in [1.165, 1.54) is 7.11 Å². The number of ketones is 1. The van der Waals surface area contributed by atoms with Gasteiger partial charge in [-0.2, -0.15) is 0 Å². The highest BCUT2D eigenvalue weighted by Gasteiger charge is 2.43. The number of Topliss-reactive ketones (excluding diaryl/α,β-unsaturated/α-hetero) is 1. The van der Waals surface area contributed by atoms with Crippen molar-refractivity contribution < 1.29 is 19.4 Å². The van der Waals surface area contributed by atoms with Crippen molar-refractivity contribution in [3.63, 3.8) is 0 Å². The minimum absolute atomic E-state index is 0.0137. The van der Waals surface area contributed by atoms with Gasteiger partial charge in [-0.3, -0.25) is 14.6 Å². The summed E-state index contributed by atoms with van der Waals surface area (Å²) in [7, 11) is 1.50. The van der Waals surface area contributed by atoms with Gasteiger partial charge in [0.2, 0.25) is 5.91 Å². The maximum Gasteiger partial charge on any atom is 0.232 e. The molecule has 2 aliphatic heterocycles. The Morgan fingerprint density at radius 2 is 1.93 bits per heavy atom. The molecule has 4 rings (SSSR count). The number of hydrogen-bond donors (Lipinski definition) is 1. The molecule has 0 saturated carbocycles. The molecule has 0 bridgehead atoms. The average Bonchev–Trinajstić information content (AvgIpc) is 2.73. The molecule has 1 saturated heterocycles. The highest BCUT2D eigenvalue weighted by Crippen LogP contribution is 2.45. The highest BCUT2D eigenvalue weighted by atomic mass is 16.5. The summed E-state index contributed by atoms with van der Waals surface area (Å²) in [6.07, 6.45) is 5.19. The first-order valence-corrected chi connectivity index (χ1v) is 10.5. The van der Waals surface area contributed by atoms with Crippen LogP contribution in [0.4, 0.5) is 0 Å². The van der Waals surface area contributed by atoms with E-state index in [1.54, 1.807) is 12.1 Å². The van der Waals surface area contributed by atoms with Crippen LogP contribution in [0.1, 0.15) is 56.9 Å². The standard InChI is InChI=1S/C23H28N2O4/c1-14-20(23(28)25-11-4-3-5-12-25)21(15-9-10-19(29-2)18(27)13-15)22-16(24-14)7-6-8-17(22)26/h9-10,13,20-21,27H,3-8,11-12H2,1-2H3/t20?,21-/m0/s1. The number of hydrogen-bond acceptors (Lipinski definition) is 5. The smallest absolute Gasteiger partial charge is 0.232 e. The lowest BCUT2D eigenvalue weighted by Crippen LogP contribution is -2.46. The number of rotatable bonds is 3. The molecule has 1 aliphatic carbocycles. The zero-order valence-electron chi connectivity index (χ0n) is 17.1. The third-order valence-electron chi connectivity index (χ3n) is 6.33. The molecule has 1 N–H and O–H groups in total. The maximum atomic E-state index is 13.6. The van der Waals surface area contributed by atoms with Gasteiger partial charge in [-0.25, -0.2) is 0 Å². The number of benzene rings is 1. The average molecular weight is 396 g/mol. The van der Waals surface area contributed by atoms with Crippen LogP contribution in [0.25, 0.3) is 0 Å². The third kappa shape index (κ3) is 3.56. The molecule has 1 aromatic carbocycles. The normalized spacial score (nSPS) is 24.8. The van der Waals surface area contributed by atoms with E-state index in [9.17, 15) is 14.7 Å². The van der Waals surface area contributed by atoms with E-state index in [2.05, 4.69) is 0 Å². The summed E-state index contributed by atoms with van der Waals surface area (Å²) in [5.74, 6) is -0.434. The lowest BCUT2D eigenvalue weighted by molar-refractivity contribution is -0.134. The lowest BCUT2D eigenvalue weighted by Gasteiger charge is -2.38. The van der Waals surface area contributed by atoms with Crippen molar-refractivity contribution in [2.45, 2.75) is 51.4 Å². The molecule has 0 aromatic heterocycles. The molecule has 2 heterocycles. The van der Waals surface area contributed by atoms with E-state index in [0.29, 0.717) is 17.7 Å². The molecule has 2 atom stereocenters. The van der Waals surface area contributed by atoms with E-state index >= 15 is 0 Å². The van der Waals surface area contributed by atoms with Crippen LogP contribution in [-0.2, 0) is 9.59 Å². The van der Waals surface area contributed by atoms with Gasteiger partial charge in [-0.05, 0) is 56.7 Å². The molecule has 1 aromatic rings. The van der Waals surface area contributed by atoms with Gasteiger partial charge in [0, 0.05) is 42.4 Å². The van der Waals surface area contributed by atoms with Gasteiger partial charge in [0.25, 0.3) is 0 Å². The second-order valence-electron chi connectivity index (χ2n) is 8.16. The number of allylic oxidation sites excluding steroid dienone is 2. The Labute approximate surface area is 171 Å². The van der Waals surface area contributed by atoms with Crippen molar-refractivity contribution in [3.05, 3.63) is 35.0 Å². The van der Waals surface area contributed by atoms with Crippen LogP contribution >= 0.6 is 0 Å². The zero-order chi connectivity index (χ0) is 20.5. The molecule has 154 valence electrons. The van der Waals surface area contributed by atoms with Crippen molar-refractivity contribution in [1.82, 2.24) is 4.90 Å². The lowest BCUT2D eigenvalue weighted by atomic mass is 9.71. The van der Waals surface area contributed by atoms with E-state index in [-0.39, 0.29) is 17.4 Å². The number of aliphatic imine (C=N–C) groups is 1. The first kappa shape index (κ1) is 19.7. The zero-order valence-corrected chi connectivity index (χ0v) is 17.1. The van der Waals surface area contributed by atoms with E-state index < -0.39 is 11.8 Å². The predicted molar refractivity (Wildman–Crippen MR) is 110 cm³/mol. The summed E-state index contributed by atoms with van der Waals surface area (Å²) in [6, 6.07) is 5.18. The molecule has 1 fully saturated rings. The highest BCUT2D eigenvalue weighted by molar-refractivity contribution is 6.10. The number of piperidine rings is 1. The summed E-state index contributed by atoms with van der Waals surface area (Å²) in [5.41, 5.74) is 2.98. The van der Waals surface area contributed by atoms with Crippen LogP contribution in [0.2, 0.25) is 0 Å². The molecule has 6 heteroatoms. The minimum Gasteiger partial charge on any atom is -0.504 e. The van der Waals surface area contributed by atoms with E-state index in [0.717, 1.165) is 62.2 Å². The van der Waals surface area contributed by atoms with Crippen LogP contribution in [0.15, 0.2) is 34.5 Å². The molecule has 0 radical (unpaired) electrons. The van der Waals surface area contributed by atoms with Crippen molar-refractivity contribution >= 4 is 17.4 Å². The Morgan fingerprint density at radius 1 is 1.17 bits per heavy atom. The molecule has 3 aliphatic rings. The summed E-state index contributed by atoms with van der Waals surface area (Å²) in [6.45, 7) is 3.40. The number of phenols is 1. The number of methoxy groups -OCH3 is 1. The molecule has 29 heavy (non-hydrogen) atoms. The molecule has 0 spiro atoms. The Hall–Kier alpha value is -2.63. The molecule has 1 amide bonds. The number of aromatic hydroxyl groups is 1. The quantitative estimate of drug-likeness (QED) is 0.847. The van der Waals surface area contributed by atoms with Crippen LogP contribution in [-0.4, -0.2) is 47.6 Å². The fourth-order valence-corrected chi connectivity index (χ4v) is 4.90. The van der Waals surface area contributed by atoms with Crippen LogP contribution in [0, 0.1) is 5.92 Å². The minimum atomic E-state index is -0.512. The second kappa shape index (κ2) is 8.01. The van der Waals surface area contributed by atoms with Crippen LogP contribution in [0.5, 0.6) is 11.5 Å². The molecule has 6 nitrogen and oxygen atoms in total. The third-order valence-corrected chi connectivity index (χ3v) is 6.33. The fraction of sp³-hybridized carbons (Fsp3) is 0.522.